The van der Waals surface area contributed by atoms with E-state index in [1.165, 1.54) is 0 Å². The molecule has 0 radical (unpaired) electrons. The molecule has 1 fully saturated rings. The molecule has 0 heterocycles. The second-order valence-corrected chi connectivity index (χ2v) is 7.20. The monoisotopic (exact) mass is 327 g/mol. The molecule has 0 unspecified atom stereocenters. The molecule has 8 heteroatoms. The van der Waals surface area contributed by atoms with E-state index in [0.717, 1.165) is 18.2 Å². The van der Waals surface area contributed by atoms with E-state index in [-0.39, 0.29) is 22.7 Å². The molecule has 1 aliphatic rings. The number of hydrogen-bond acceptors (Lipinski definition) is 2. The van der Waals surface area contributed by atoms with Crippen LogP contribution >= 0.6 is 11.6 Å². The zero-order chi connectivity index (χ0) is 15.0. The van der Waals surface area contributed by atoms with Gasteiger partial charge in [0, 0.05) is 11.9 Å². The van der Waals surface area contributed by atoms with E-state index in [4.69, 9.17) is 11.6 Å². The van der Waals surface area contributed by atoms with Crippen LogP contribution in [0.1, 0.15) is 18.4 Å². The van der Waals surface area contributed by atoms with Gasteiger partial charge in [-0.05, 0) is 37.0 Å². The fourth-order valence-electron chi connectivity index (χ4n) is 1.97. The predicted octanol–water partition coefficient (Wildman–Crippen LogP) is 3.00. The van der Waals surface area contributed by atoms with Crippen LogP contribution in [-0.4, -0.2) is 20.3 Å². The Kier molecular flexibility index (Phi) is 4.32. The molecule has 0 amide bonds. The first-order valence-corrected chi connectivity index (χ1v) is 7.91. The lowest BCUT2D eigenvalue weighted by atomic mass is 9.85. The van der Waals surface area contributed by atoms with Crippen LogP contribution in [0, 0.1) is 5.92 Å². The molecule has 1 aromatic rings. The number of hydrogen-bond donors (Lipinski definition) is 1. The SMILES string of the molecule is O=S(=O)(NCC1CC(Cl)C1)c1cccc(C(F)(F)F)c1. The highest BCUT2D eigenvalue weighted by Gasteiger charge is 2.32. The maximum Gasteiger partial charge on any atom is 0.416 e. The zero-order valence-electron chi connectivity index (χ0n) is 10.3. The Labute approximate surface area is 120 Å². The molecule has 2 rings (SSSR count). The highest BCUT2D eigenvalue weighted by atomic mass is 35.5. The second kappa shape index (κ2) is 5.54. The summed E-state index contributed by atoms with van der Waals surface area (Å²) in [6.07, 6.45) is -3.13. The summed E-state index contributed by atoms with van der Waals surface area (Å²) >= 11 is 5.78. The topological polar surface area (TPSA) is 46.2 Å². The Morgan fingerprint density at radius 2 is 1.95 bits per heavy atom. The number of halogens is 4. The molecule has 0 atom stereocenters. The minimum absolute atomic E-state index is 0.0676. The van der Waals surface area contributed by atoms with E-state index in [1.807, 2.05) is 0 Å². The Hall–Kier alpha value is -0.790. The zero-order valence-corrected chi connectivity index (χ0v) is 11.9. The van der Waals surface area contributed by atoms with E-state index in [9.17, 15) is 21.6 Å². The lowest BCUT2D eigenvalue weighted by Crippen LogP contribution is -2.36. The number of alkyl halides is 4. The first kappa shape index (κ1) is 15.6. The van der Waals surface area contributed by atoms with Crippen molar-refractivity contribution in [2.45, 2.75) is 29.3 Å². The molecule has 0 spiro atoms. The van der Waals surface area contributed by atoms with Gasteiger partial charge in [0.15, 0.2) is 0 Å². The molecular weight excluding hydrogens is 315 g/mol. The highest BCUT2D eigenvalue weighted by molar-refractivity contribution is 7.89. The first-order valence-electron chi connectivity index (χ1n) is 5.99. The molecule has 112 valence electrons. The third-order valence-electron chi connectivity index (χ3n) is 3.21. The summed E-state index contributed by atoms with van der Waals surface area (Å²) in [7, 11) is -3.92. The van der Waals surface area contributed by atoms with Crippen molar-refractivity contribution >= 4 is 21.6 Å². The molecule has 0 bridgehead atoms. The highest BCUT2D eigenvalue weighted by Crippen LogP contribution is 2.32. The minimum Gasteiger partial charge on any atom is -0.211 e. The van der Waals surface area contributed by atoms with Gasteiger partial charge in [0.05, 0.1) is 10.5 Å². The Morgan fingerprint density at radius 3 is 2.50 bits per heavy atom. The summed E-state index contributed by atoms with van der Waals surface area (Å²) in [5, 5.41) is 0.0676. The van der Waals surface area contributed by atoms with Gasteiger partial charge in [0.1, 0.15) is 0 Å². The number of sulfonamides is 1. The first-order chi connectivity index (χ1) is 9.18. The van der Waals surface area contributed by atoms with Gasteiger partial charge in [0.25, 0.3) is 0 Å². The van der Waals surface area contributed by atoms with Crippen molar-refractivity contribution in [3.63, 3.8) is 0 Å². The van der Waals surface area contributed by atoms with Gasteiger partial charge in [-0.15, -0.1) is 11.6 Å². The lowest BCUT2D eigenvalue weighted by molar-refractivity contribution is -0.137. The van der Waals surface area contributed by atoms with Crippen molar-refractivity contribution in [3.8, 4) is 0 Å². The Morgan fingerprint density at radius 1 is 1.30 bits per heavy atom. The molecule has 20 heavy (non-hydrogen) atoms. The van der Waals surface area contributed by atoms with Gasteiger partial charge < -0.3 is 0 Å². The van der Waals surface area contributed by atoms with Crippen LogP contribution in [0.5, 0.6) is 0 Å². The van der Waals surface area contributed by atoms with E-state index >= 15 is 0 Å². The van der Waals surface area contributed by atoms with Crippen LogP contribution in [0.15, 0.2) is 29.2 Å². The maximum absolute atomic E-state index is 12.5. The van der Waals surface area contributed by atoms with Gasteiger partial charge in [0.2, 0.25) is 10.0 Å². The van der Waals surface area contributed by atoms with Crippen molar-refractivity contribution in [2.24, 2.45) is 5.92 Å². The Bertz CT molecular complexity index is 583. The molecule has 1 N–H and O–H groups in total. The van der Waals surface area contributed by atoms with E-state index < -0.39 is 21.8 Å². The largest absolute Gasteiger partial charge is 0.416 e. The van der Waals surface area contributed by atoms with Crippen LogP contribution < -0.4 is 4.72 Å². The fraction of sp³-hybridized carbons (Fsp3) is 0.500. The molecule has 1 saturated carbocycles. The molecule has 0 saturated heterocycles. The molecular formula is C12H13ClF3NO2S. The van der Waals surface area contributed by atoms with E-state index in [1.54, 1.807) is 0 Å². The van der Waals surface area contributed by atoms with Crippen LogP contribution in [0.2, 0.25) is 0 Å². The van der Waals surface area contributed by atoms with Crippen LogP contribution in [0.25, 0.3) is 0 Å². The lowest BCUT2D eigenvalue weighted by Gasteiger charge is -2.30. The summed E-state index contributed by atoms with van der Waals surface area (Å²) in [4.78, 5) is -0.380. The molecule has 1 aromatic carbocycles. The second-order valence-electron chi connectivity index (χ2n) is 4.81. The van der Waals surface area contributed by atoms with E-state index in [2.05, 4.69) is 4.72 Å². The molecule has 0 aromatic heterocycles. The number of nitrogens with one attached hydrogen (secondary N) is 1. The van der Waals surface area contributed by atoms with Gasteiger partial charge in [-0.25, -0.2) is 13.1 Å². The summed E-state index contributed by atoms with van der Waals surface area (Å²) in [6.45, 7) is 0.196. The molecule has 3 nitrogen and oxygen atoms in total. The van der Waals surface area contributed by atoms with Crippen molar-refractivity contribution < 1.29 is 21.6 Å². The molecule has 1 aliphatic carbocycles. The van der Waals surface area contributed by atoms with Crippen LogP contribution in [0.4, 0.5) is 13.2 Å². The normalized spacial score (nSPS) is 23.4. The minimum atomic E-state index is -4.56. The van der Waals surface area contributed by atoms with Crippen molar-refractivity contribution in [1.29, 1.82) is 0 Å². The quantitative estimate of drug-likeness (QED) is 0.864. The number of benzene rings is 1. The summed E-state index contributed by atoms with van der Waals surface area (Å²) in [6, 6.07) is 3.69. The van der Waals surface area contributed by atoms with Crippen LogP contribution in [-0.2, 0) is 16.2 Å². The number of rotatable bonds is 4. The third-order valence-corrected chi connectivity index (χ3v) is 4.99. The summed E-state index contributed by atoms with van der Waals surface area (Å²) in [5.41, 5.74) is -0.982. The van der Waals surface area contributed by atoms with Gasteiger partial charge in [-0.1, -0.05) is 6.07 Å². The van der Waals surface area contributed by atoms with Crippen molar-refractivity contribution in [1.82, 2.24) is 4.72 Å². The van der Waals surface area contributed by atoms with Gasteiger partial charge in [-0.3, -0.25) is 0 Å². The third kappa shape index (κ3) is 3.65. The predicted molar refractivity (Wildman–Crippen MR) is 69.0 cm³/mol. The van der Waals surface area contributed by atoms with Crippen LogP contribution in [0.3, 0.4) is 0 Å². The summed E-state index contributed by atoms with van der Waals surface area (Å²) in [5.74, 6) is 0.151. The van der Waals surface area contributed by atoms with E-state index in [0.29, 0.717) is 18.9 Å². The molecule has 0 aliphatic heterocycles. The summed E-state index contributed by atoms with van der Waals surface area (Å²) < 4.78 is 63.8. The Balaban J connectivity index is 2.09. The van der Waals surface area contributed by atoms with Crippen molar-refractivity contribution in [3.05, 3.63) is 29.8 Å². The van der Waals surface area contributed by atoms with Gasteiger partial charge in [-0.2, -0.15) is 13.2 Å². The van der Waals surface area contributed by atoms with Gasteiger partial charge >= 0.3 is 6.18 Å². The average molecular weight is 328 g/mol. The van der Waals surface area contributed by atoms with Crippen molar-refractivity contribution in [2.75, 3.05) is 6.54 Å². The fourth-order valence-corrected chi connectivity index (χ4v) is 3.64. The standard InChI is InChI=1S/C12H13ClF3NO2S/c13-10-4-8(5-10)7-17-20(18,19)11-3-1-2-9(6-11)12(14,15)16/h1-3,6,8,10,17H,4-5,7H2. The maximum atomic E-state index is 12.5. The average Bonchev–Trinajstić information content (AvgIpc) is 2.32. The smallest absolute Gasteiger partial charge is 0.211 e.